The van der Waals surface area contributed by atoms with Crippen molar-refractivity contribution in [2.24, 2.45) is 4.99 Å². The molecular weight excluding hydrogens is 386 g/mol. The van der Waals surface area contributed by atoms with Crippen LogP contribution in [0.5, 0.6) is 11.5 Å². The molecule has 3 heterocycles. The molecule has 1 saturated heterocycles. The first-order valence-electron chi connectivity index (χ1n) is 10.0. The smallest absolute Gasteiger partial charge is 0.328 e. The summed E-state index contributed by atoms with van der Waals surface area (Å²) in [5.41, 5.74) is 2.62. The summed E-state index contributed by atoms with van der Waals surface area (Å²) in [7, 11) is 4.92. The molecule has 2 unspecified atom stereocenters. The van der Waals surface area contributed by atoms with Gasteiger partial charge in [-0.25, -0.2) is 9.79 Å². The molecule has 3 aliphatic heterocycles. The lowest BCUT2D eigenvalue weighted by Gasteiger charge is -2.40. The minimum atomic E-state index is -0.578. The first kappa shape index (κ1) is 20.1. The second-order valence-electron chi connectivity index (χ2n) is 7.58. The Labute approximate surface area is 176 Å². The van der Waals surface area contributed by atoms with Crippen molar-refractivity contribution in [1.82, 2.24) is 14.7 Å². The lowest BCUT2D eigenvalue weighted by atomic mass is 10.1. The van der Waals surface area contributed by atoms with Gasteiger partial charge in [-0.05, 0) is 32.4 Å². The van der Waals surface area contributed by atoms with Crippen molar-refractivity contribution in [2.75, 3.05) is 32.7 Å². The molecule has 1 aromatic carbocycles. The number of guanidine groups is 1. The van der Waals surface area contributed by atoms with Gasteiger partial charge in [0.1, 0.15) is 11.5 Å². The highest BCUT2D eigenvalue weighted by atomic mass is 16.5. The van der Waals surface area contributed by atoms with Crippen LogP contribution in [0.25, 0.3) is 0 Å². The predicted octanol–water partition coefficient (Wildman–Crippen LogP) is 2.45. The molecule has 9 nitrogen and oxygen atoms in total. The number of hydrogen-bond donors (Lipinski definition) is 0. The molecule has 0 aliphatic carbocycles. The van der Waals surface area contributed by atoms with Gasteiger partial charge in [0, 0.05) is 31.1 Å². The van der Waals surface area contributed by atoms with Gasteiger partial charge in [0.15, 0.2) is 12.2 Å². The SMILES string of the molecule is CCCN1C(=O)C2C(N=C3N(c4cc(OC)ccc4OC)C(C)=C(C)N32)N(C)C1=O. The number of anilines is 1. The Hall–Kier alpha value is -3.23. The third-order valence-corrected chi connectivity index (χ3v) is 5.97. The number of nitrogens with zero attached hydrogens (tertiary/aromatic N) is 5. The summed E-state index contributed by atoms with van der Waals surface area (Å²) < 4.78 is 11.0. The minimum Gasteiger partial charge on any atom is -0.497 e. The summed E-state index contributed by atoms with van der Waals surface area (Å²) >= 11 is 0. The van der Waals surface area contributed by atoms with Crippen LogP contribution in [0.15, 0.2) is 34.6 Å². The molecule has 30 heavy (non-hydrogen) atoms. The number of carbonyl (C=O) groups is 2. The molecule has 3 amide bonds. The summed E-state index contributed by atoms with van der Waals surface area (Å²) in [6.45, 7) is 6.29. The Balaban J connectivity index is 1.81. The van der Waals surface area contributed by atoms with E-state index in [0.29, 0.717) is 30.4 Å². The quantitative estimate of drug-likeness (QED) is 0.738. The van der Waals surface area contributed by atoms with Gasteiger partial charge in [0.2, 0.25) is 5.96 Å². The third-order valence-electron chi connectivity index (χ3n) is 5.97. The zero-order valence-electron chi connectivity index (χ0n) is 18.2. The Morgan fingerprint density at radius 2 is 1.83 bits per heavy atom. The molecule has 1 fully saturated rings. The summed E-state index contributed by atoms with van der Waals surface area (Å²) in [5.74, 6) is 1.74. The highest BCUT2D eigenvalue weighted by molar-refractivity contribution is 6.11. The van der Waals surface area contributed by atoms with Gasteiger partial charge in [-0.15, -0.1) is 0 Å². The normalized spacial score (nSPS) is 23.2. The summed E-state index contributed by atoms with van der Waals surface area (Å²) in [5, 5.41) is 0. The fourth-order valence-corrected chi connectivity index (χ4v) is 4.30. The lowest BCUT2D eigenvalue weighted by Crippen LogP contribution is -2.64. The van der Waals surface area contributed by atoms with Crippen LogP contribution in [0.4, 0.5) is 10.5 Å². The average molecular weight is 413 g/mol. The van der Waals surface area contributed by atoms with Crippen molar-refractivity contribution < 1.29 is 19.1 Å². The molecule has 3 aliphatic rings. The maximum atomic E-state index is 13.3. The Morgan fingerprint density at radius 3 is 2.47 bits per heavy atom. The van der Waals surface area contributed by atoms with E-state index in [1.165, 1.54) is 4.90 Å². The predicted molar refractivity (Wildman–Crippen MR) is 112 cm³/mol. The van der Waals surface area contributed by atoms with Crippen molar-refractivity contribution in [3.05, 3.63) is 29.6 Å². The number of amides is 3. The van der Waals surface area contributed by atoms with Crippen LogP contribution >= 0.6 is 0 Å². The van der Waals surface area contributed by atoms with Gasteiger partial charge in [-0.2, -0.15) is 0 Å². The fourth-order valence-electron chi connectivity index (χ4n) is 4.30. The number of fused-ring (bicyclic) bond motifs is 3. The number of methoxy groups -OCH3 is 2. The van der Waals surface area contributed by atoms with Crippen molar-refractivity contribution >= 4 is 23.6 Å². The summed E-state index contributed by atoms with van der Waals surface area (Å²) in [6.07, 6.45) is 0.132. The second-order valence-corrected chi connectivity index (χ2v) is 7.58. The van der Waals surface area contributed by atoms with E-state index in [4.69, 9.17) is 14.5 Å². The maximum absolute atomic E-state index is 13.3. The van der Waals surface area contributed by atoms with Crippen LogP contribution in [-0.4, -0.2) is 72.6 Å². The molecule has 9 heteroatoms. The number of hydrogen-bond acceptors (Lipinski definition) is 7. The van der Waals surface area contributed by atoms with Crippen molar-refractivity contribution in [2.45, 2.75) is 39.4 Å². The summed E-state index contributed by atoms with van der Waals surface area (Å²) in [4.78, 5) is 37.7. The van der Waals surface area contributed by atoms with Crippen LogP contribution in [0, 0.1) is 0 Å². The number of imide groups is 1. The first-order chi connectivity index (χ1) is 14.3. The number of ether oxygens (including phenoxy) is 2. The third kappa shape index (κ3) is 2.64. The van der Waals surface area contributed by atoms with Crippen LogP contribution in [0.1, 0.15) is 27.2 Å². The van der Waals surface area contributed by atoms with Crippen molar-refractivity contribution in [1.29, 1.82) is 0 Å². The van der Waals surface area contributed by atoms with Crippen molar-refractivity contribution in [3.8, 4) is 11.5 Å². The molecule has 160 valence electrons. The Kier molecular flexibility index (Phi) is 4.83. The molecule has 0 radical (unpaired) electrons. The number of likely N-dealkylation sites (N-methyl/N-ethyl adjacent to an activating group) is 1. The monoisotopic (exact) mass is 413 g/mol. The molecule has 0 bridgehead atoms. The number of rotatable bonds is 5. The molecule has 0 N–H and O–H groups in total. The highest BCUT2D eigenvalue weighted by Crippen LogP contribution is 2.43. The molecule has 2 atom stereocenters. The van der Waals surface area contributed by atoms with E-state index >= 15 is 0 Å². The molecular formula is C21H27N5O4. The number of urea groups is 1. The van der Waals surface area contributed by atoms with E-state index in [0.717, 1.165) is 17.1 Å². The van der Waals surface area contributed by atoms with Gasteiger partial charge in [0.25, 0.3) is 5.91 Å². The maximum Gasteiger partial charge on any atom is 0.328 e. The zero-order valence-corrected chi connectivity index (χ0v) is 18.2. The second kappa shape index (κ2) is 7.23. The average Bonchev–Trinajstić information content (AvgIpc) is 3.24. The van der Waals surface area contributed by atoms with Gasteiger partial charge in [-0.3, -0.25) is 19.5 Å². The van der Waals surface area contributed by atoms with Gasteiger partial charge >= 0.3 is 6.03 Å². The lowest BCUT2D eigenvalue weighted by molar-refractivity contribution is -0.136. The largest absolute Gasteiger partial charge is 0.497 e. The van der Waals surface area contributed by atoms with E-state index in [2.05, 4.69) is 0 Å². The summed E-state index contributed by atoms with van der Waals surface area (Å²) in [6, 6.07) is 4.66. The number of carbonyl (C=O) groups excluding carboxylic acids is 2. The van der Waals surface area contributed by atoms with E-state index in [-0.39, 0.29) is 11.9 Å². The van der Waals surface area contributed by atoms with Gasteiger partial charge in [-0.1, -0.05) is 6.92 Å². The van der Waals surface area contributed by atoms with Gasteiger partial charge < -0.3 is 14.4 Å². The van der Waals surface area contributed by atoms with E-state index in [1.807, 2.05) is 48.8 Å². The Morgan fingerprint density at radius 1 is 1.10 bits per heavy atom. The topological polar surface area (TPSA) is 77.9 Å². The number of benzene rings is 1. The zero-order chi connectivity index (χ0) is 21.7. The van der Waals surface area contributed by atoms with Crippen LogP contribution in [0.3, 0.4) is 0 Å². The molecule has 0 spiro atoms. The fraction of sp³-hybridized carbons (Fsp3) is 0.476. The molecule has 0 aromatic heterocycles. The number of allylic oxidation sites excluding steroid dienone is 2. The molecule has 0 saturated carbocycles. The van der Waals surface area contributed by atoms with Crippen LogP contribution in [-0.2, 0) is 4.79 Å². The minimum absolute atomic E-state index is 0.213. The van der Waals surface area contributed by atoms with Crippen LogP contribution in [0.2, 0.25) is 0 Å². The van der Waals surface area contributed by atoms with Gasteiger partial charge in [0.05, 0.1) is 19.9 Å². The standard InChI is InChI=1S/C21H27N5O4/c1-7-10-24-19(27)17-18(23(4)21(24)28)22-20-25(12(2)13(3)26(17)20)15-11-14(29-5)8-9-16(15)30-6/h8-9,11,17-18H,7,10H2,1-6H3. The van der Waals surface area contributed by atoms with E-state index < -0.39 is 12.2 Å². The van der Waals surface area contributed by atoms with Crippen LogP contribution < -0.4 is 14.4 Å². The molecule has 1 aromatic rings. The Bertz CT molecular complexity index is 972. The van der Waals surface area contributed by atoms with E-state index in [9.17, 15) is 9.59 Å². The highest BCUT2D eigenvalue weighted by Gasteiger charge is 2.55. The first-order valence-corrected chi connectivity index (χ1v) is 10.0. The number of aliphatic imine (C=N–C) groups is 1. The molecule has 4 rings (SSSR count). The van der Waals surface area contributed by atoms with Crippen molar-refractivity contribution in [3.63, 3.8) is 0 Å². The van der Waals surface area contributed by atoms with E-state index in [1.54, 1.807) is 26.2 Å².